The largest absolute Gasteiger partial charge is 0.309 e. The van der Waals surface area contributed by atoms with Gasteiger partial charge in [-0.1, -0.05) is 109 Å². The first-order valence-electron chi connectivity index (χ1n) is 18.8. The lowest BCUT2D eigenvalue weighted by Gasteiger charge is -2.16. The molecule has 5 heteroatoms. The summed E-state index contributed by atoms with van der Waals surface area (Å²) >= 11 is 0. The highest BCUT2D eigenvalue weighted by molar-refractivity contribution is 6.10. The number of rotatable bonds is 6. The van der Waals surface area contributed by atoms with Gasteiger partial charge in [0.25, 0.3) is 0 Å². The molecule has 0 amide bonds. The van der Waals surface area contributed by atoms with Crippen molar-refractivity contribution in [2.75, 3.05) is 0 Å². The molecule has 6 aromatic carbocycles. The van der Waals surface area contributed by atoms with Crippen LogP contribution in [-0.4, -0.2) is 24.1 Å². The molecule has 0 aliphatic carbocycles. The topological polar surface area (TPSA) is 48.5 Å². The molecular formula is C51H33N5. The molecule has 0 aliphatic heterocycles. The van der Waals surface area contributed by atoms with Gasteiger partial charge in [0.15, 0.2) is 0 Å². The highest BCUT2D eigenvalue weighted by Crippen LogP contribution is 2.38. The minimum absolute atomic E-state index is 0.808. The van der Waals surface area contributed by atoms with Crippen LogP contribution >= 0.6 is 0 Å². The Kier molecular flexibility index (Phi) is 7.42. The molecule has 0 saturated heterocycles. The van der Waals surface area contributed by atoms with E-state index in [1.165, 1.54) is 43.6 Å². The average molecular weight is 716 g/mol. The fourth-order valence-corrected chi connectivity index (χ4v) is 8.26. The van der Waals surface area contributed by atoms with E-state index < -0.39 is 0 Å². The Morgan fingerprint density at radius 2 is 0.714 bits per heavy atom. The summed E-state index contributed by atoms with van der Waals surface area (Å²) in [5, 5.41) is 4.95. The Bertz CT molecular complexity index is 2940. The molecule has 0 saturated carbocycles. The summed E-state index contributed by atoms with van der Waals surface area (Å²) in [6.07, 6.45) is 3.63. The molecule has 11 aromatic rings. The van der Waals surface area contributed by atoms with Gasteiger partial charge in [-0.05, 0) is 90.0 Å². The van der Waals surface area contributed by atoms with Crippen molar-refractivity contribution in [3.63, 3.8) is 0 Å². The van der Waals surface area contributed by atoms with E-state index in [1.807, 2.05) is 42.6 Å². The first-order valence-corrected chi connectivity index (χ1v) is 18.8. The van der Waals surface area contributed by atoms with E-state index in [2.05, 4.69) is 171 Å². The van der Waals surface area contributed by atoms with Gasteiger partial charge in [-0.2, -0.15) is 0 Å². The maximum absolute atomic E-state index is 5.12. The number of benzene rings is 6. The minimum atomic E-state index is 0.808. The van der Waals surface area contributed by atoms with Crippen LogP contribution in [0.2, 0.25) is 0 Å². The molecule has 262 valence electrons. The number of hydrogen-bond donors (Lipinski definition) is 0. The Hall–Kier alpha value is -7.63. The molecule has 0 N–H and O–H groups in total. The van der Waals surface area contributed by atoms with E-state index >= 15 is 0 Å². The van der Waals surface area contributed by atoms with E-state index in [9.17, 15) is 0 Å². The van der Waals surface area contributed by atoms with E-state index in [0.29, 0.717) is 0 Å². The molecule has 5 nitrogen and oxygen atoms in total. The van der Waals surface area contributed by atoms with Gasteiger partial charge in [0, 0.05) is 56.4 Å². The molecule has 0 radical (unpaired) electrons. The number of hydrogen-bond acceptors (Lipinski definition) is 3. The normalized spacial score (nSPS) is 11.6. The summed E-state index contributed by atoms with van der Waals surface area (Å²) in [6, 6.07) is 66.7. The van der Waals surface area contributed by atoms with Gasteiger partial charge in [0.05, 0.1) is 44.8 Å². The monoisotopic (exact) mass is 715 g/mol. The predicted octanol–water partition coefficient (Wildman–Crippen LogP) is 12.7. The van der Waals surface area contributed by atoms with Crippen molar-refractivity contribution in [3.8, 4) is 56.4 Å². The van der Waals surface area contributed by atoms with Crippen LogP contribution in [0.3, 0.4) is 0 Å². The quantitative estimate of drug-likeness (QED) is 0.172. The number of aromatic nitrogens is 5. The SMILES string of the molecule is c1ccc(-c2cc(-c3ccc(-c4cc(-n5c6ccccc6c6ccccc65)cc(-n5c6ccccc6c6ccccc65)c4)cc3)nc(-c3ccccn3)c2)nc1. The lowest BCUT2D eigenvalue weighted by atomic mass is 9.99. The highest BCUT2D eigenvalue weighted by Gasteiger charge is 2.18. The van der Waals surface area contributed by atoms with Crippen molar-refractivity contribution >= 4 is 43.6 Å². The number of nitrogens with zero attached hydrogens (tertiary/aromatic N) is 5. The zero-order valence-corrected chi connectivity index (χ0v) is 30.3. The summed E-state index contributed by atoms with van der Waals surface area (Å²) in [7, 11) is 0. The molecular weight excluding hydrogens is 683 g/mol. The molecule has 5 aromatic heterocycles. The second-order valence-corrected chi connectivity index (χ2v) is 14.1. The summed E-state index contributed by atoms with van der Waals surface area (Å²) < 4.78 is 4.82. The third-order valence-corrected chi connectivity index (χ3v) is 10.8. The van der Waals surface area contributed by atoms with Crippen molar-refractivity contribution in [2.45, 2.75) is 0 Å². The van der Waals surface area contributed by atoms with Crippen LogP contribution in [-0.2, 0) is 0 Å². The van der Waals surface area contributed by atoms with Gasteiger partial charge in [-0.25, -0.2) is 4.98 Å². The maximum atomic E-state index is 5.12. The Morgan fingerprint density at radius 1 is 0.286 bits per heavy atom. The fraction of sp³-hybridized carbons (Fsp3) is 0. The van der Waals surface area contributed by atoms with Crippen LogP contribution in [0.15, 0.2) is 200 Å². The van der Waals surface area contributed by atoms with Crippen LogP contribution in [0, 0.1) is 0 Å². The summed E-state index contributed by atoms with van der Waals surface area (Å²) in [5.41, 5.74) is 14.6. The first-order chi connectivity index (χ1) is 27.8. The fourth-order valence-electron chi connectivity index (χ4n) is 8.26. The lowest BCUT2D eigenvalue weighted by Crippen LogP contribution is -2.00. The molecule has 11 rings (SSSR count). The van der Waals surface area contributed by atoms with Crippen molar-refractivity contribution in [2.24, 2.45) is 0 Å². The molecule has 5 heterocycles. The van der Waals surface area contributed by atoms with Crippen molar-refractivity contribution in [1.29, 1.82) is 0 Å². The van der Waals surface area contributed by atoms with Gasteiger partial charge >= 0.3 is 0 Å². The molecule has 56 heavy (non-hydrogen) atoms. The average Bonchev–Trinajstić information content (AvgIpc) is 3.80. The highest BCUT2D eigenvalue weighted by atomic mass is 15.0. The molecule has 0 aliphatic rings. The van der Waals surface area contributed by atoms with Gasteiger partial charge < -0.3 is 9.13 Å². The maximum Gasteiger partial charge on any atom is 0.0900 e. The second-order valence-electron chi connectivity index (χ2n) is 14.1. The lowest BCUT2D eigenvalue weighted by molar-refractivity contribution is 1.13. The molecule has 0 unspecified atom stereocenters. The van der Waals surface area contributed by atoms with E-state index in [0.717, 1.165) is 56.4 Å². The zero-order valence-electron chi connectivity index (χ0n) is 30.3. The second kappa shape index (κ2) is 13.0. The minimum Gasteiger partial charge on any atom is -0.309 e. The molecule has 0 fully saturated rings. The van der Waals surface area contributed by atoms with Crippen LogP contribution in [0.5, 0.6) is 0 Å². The number of pyridine rings is 3. The van der Waals surface area contributed by atoms with Gasteiger partial charge in [-0.3, -0.25) is 9.97 Å². The zero-order chi connectivity index (χ0) is 37.0. The third-order valence-electron chi connectivity index (χ3n) is 10.8. The first kappa shape index (κ1) is 31.9. The van der Waals surface area contributed by atoms with Gasteiger partial charge in [-0.15, -0.1) is 0 Å². The molecule has 0 bridgehead atoms. The smallest absolute Gasteiger partial charge is 0.0900 e. The molecule has 0 atom stereocenters. The van der Waals surface area contributed by atoms with E-state index in [1.54, 1.807) is 6.20 Å². The number of fused-ring (bicyclic) bond motifs is 6. The van der Waals surface area contributed by atoms with Crippen LogP contribution in [0.4, 0.5) is 0 Å². The van der Waals surface area contributed by atoms with Crippen molar-refractivity contribution in [3.05, 3.63) is 200 Å². The van der Waals surface area contributed by atoms with Crippen LogP contribution in [0.25, 0.3) is 100 Å². The Balaban J connectivity index is 1.11. The third kappa shape index (κ3) is 5.29. The van der Waals surface area contributed by atoms with Gasteiger partial charge in [0.2, 0.25) is 0 Å². The standard InChI is InChI=1S/C51H33N5/c1-5-19-48-40(13-1)41-14-2-6-20-49(41)55(48)38-29-36(30-39(33-38)56-50-21-7-3-15-42(50)43-16-4-8-22-51(43)56)34-23-25-35(26-24-34)46-31-37(44-17-9-11-27-52-44)32-47(54-46)45-18-10-12-28-53-45/h1-33H. The molecule has 0 spiro atoms. The Labute approximate surface area is 323 Å². The summed E-state index contributed by atoms with van der Waals surface area (Å²) in [4.78, 5) is 14.4. The van der Waals surface area contributed by atoms with Crippen molar-refractivity contribution in [1.82, 2.24) is 24.1 Å². The van der Waals surface area contributed by atoms with E-state index in [-0.39, 0.29) is 0 Å². The summed E-state index contributed by atoms with van der Waals surface area (Å²) in [5.74, 6) is 0. The van der Waals surface area contributed by atoms with Crippen molar-refractivity contribution < 1.29 is 0 Å². The van der Waals surface area contributed by atoms with E-state index in [4.69, 9.17) is 4.98 Å². The van der Waals surface area contributed by atoms with Gasteiger partial charge in [0.1, 0.15) is 0 Å². The van der Waals surface area contributed by atoms with Crippen LogP contribution < -0.4 is 0 Å². The van der Waals surface area contributed by atoms with Crippen LogP contribution in [0.1, 0.15) is 0 Å². The number of para-hydroxylation sites is 4. The predicted molar refractivity (Wildman–Crippen MR) is 230 cm³/mol. The Morgan fingerprint density at radius 3 is 1.20 bits per heavy atom. The summed E-state index contributed by atoms with van der Waals surface area (Å²) in [6.45, 7) is 0.